The van der Waals surface area contributed by atoms with Crippen molar-refractivity contribution in [2.45, 2.75) is 70.6 Å². The van der Waals surface area contributed by atoms with Crippen LogP contribution in [0.5, 0.6) is 0 Å². The predicted molar refractivity (Wildman–Crippen MR) is 96.4 cm³/mol. The van der Waals surface area contributed by atoms with E-state index in [9.17, 15) is 18.0 Å². The van der Waals surface area contributed by atoms with Crippen LogP contribution in [0, 0.1) is 5.92 Å². The SMILES string of the molecule is CC1CCN(C[C@H](C)NC(=O)[C@H](C)n2nc(C(F)(F)F)cc2C2CC2)CC1. The number of halogens is 3. The summed E-state index contributed by atoms with van der Waals surface area (Å²) in [6.45, 7) is 8.61. The van der Waals surface area contributed by atoms with E-state index in [1.165, 1.54) is 4.68 Å². The Kier molecular flexibility index (Phi) is 5.84. The molecule has 0 unspecified atom stereocenters. The third kappa shape index (κ3) is 5.03. The number of nitrogens with zero attached hydrogens (tertiary/aromatic N) is 3. The van der Waals surface area contributed by atoms with Crippen LogP contribution in [0.1, 0.15) is 69.8 Å². The summed E-state index contributed by atoms with van der Waals surface area (Å²) in [7, 11) is 0. The molecule has 2 heterocycles. The molecule has 1 saturated heterocycles. The molecule has 1 saturated carbocycles. The van der Waals surface area contributed by atoms with Gasteiger partial charge in [-0.3, -0.25) is 9.48 Å². The molecular weight excluding hydrogens is 357 g/mol. The molecule has 5 nitrogen and oxygen atoms in total. The number of piperidine rings is 1. The molecule has 0 spiro atoms. The van der Waals surface area contributed by atoms with Crippen LogP contribution in [-0.2, 0) is 11.0 Å². The van der Waals surface area contributed by atoms with Crippen LogP contribution in [0.4, 0.5) is 13.2 Å². The Labute approximate surface area is 158 Å². The Bertz CT molecular complexity index is 660. The van der Waals surface area contributed by atoms with E-state index >= 15 is 0 Å². The molecule has 3 rings (SSSR count). The topological polar surface area (TPSA) is 50.2 Å². The number of likely N-dealkylation sites (tertiary alicyclic amines) is 1. The van der Waals surface area contributed by atoms with Gasteiger partial charge in [-0.2, -0.15) is 18.3 Å². The van der Waals surface area contributed by atoms with Gasteiger partial charge in [0.1, 0.15) is 6.04 Å². The first-order valence-corrected chi connectivity index (χ1v) is 9.84. The van der Waals surface area contributed by atoms with Crippen molar-refractivity contribution in [3.05, 3.63) is 17.5 Å². The fraction of sp³-hybridized carbons (Fsp3) is 0.789. The summed E-state index contributed by atoms with van der Waals surface area (Å²) in [6, 6.07) is 0.274. The summed E-state index contributed by atoms with van der Waals surface area (Å²) in [4.78, 5) is 15.0. The molecule has 1 aromatic heterocycles. The third-order valence-corrected chi connectivity index (χ3v) is 5.59. The van der Waals surface area contributed by atoms with Gasteiger partial charge in [0.05, 0.1) is 0 Å². The predicted octanol–water partition coefficient (Wildman–Crippen LogP) is 3.58. The molecule has 1 aromatic rings. The van der Waals surface area contributed by atoms with Crippen molar-refractivity contribution in [1.82, 2.24) is 20.0 Å². The summed E-state index contributed by atoms with van der Waals surface area (Å²) in [6.07, 6.45) is -0.476. The van der Waals surface area contributed by atoms with Gasteiger partial charge in [-0.05, 0) is 64.6 Å². The van der Waals surface area contributed by atoms with Crippen molar-refractivity contribution in [3.8, 4) is 0 Å². The van der Waals surface area contributed by atoms with E-state index in [4.69, 9.17) is 0 Å². The third-order valence-electron chi connectivity index (χ3n) is 5.59. The molecule has 0 aromatic carbocycles. The zero-order valence-corrected chi connectivity index (χ0v) is 16.2. The average molecular weight is 386 g/mol. The molecule has 27 heavy (non-hydrogen) atoms. The van der Waals surface area contributed by atoms with Gasteiger partial charge in [-0.25, -0.2) is 0 Å². The molecular formula is C19H29F3N4O. The Morgan fingerprint density at radius 3 is 2.44 bits per heavy atom. The number of nitrogens with one attached hydrogen (secondary N) is 1. The molecule has 2 fully saturated rings. The molecule has 1 amide bonds. The van der Waals surface area contributed by atoms with E-state index < -0.39 is 17.9 Å². The van der Waals surface area contributed by atoms with Crippen LogP contribution < -0.4 is 5.32 Å². The molecule has 2 aliphatic rings. The second-order valence-corrected chi connectivity index (χ2v) is 8.24. The minimum absolute atomic E-state index is 0.0598. The number of hydrogen-bond acceptors (Lipinski definition) is 3. The number of carbonyl (C=O) groups is 1. The first kappa shape index (κ1) is 20.2. The first-order chi connectivity index (χ1) is 12.6. The minimum Gasteiger partial charge on any atom is -0.351 e. The first-order valence-electron chi connectivity index (χ1n) is 9.84. The molecule has 8 heteroatoms. The van der Waals surface area contributed by atoms with Gasteiger partial charge in [0.25, 0.3) is 0 Å². The van der Waals surface area contributed by atoms with Gasteiger partial charge in [0, 0.05) is 24.2 Å². The van der Waals surface area contributed by atoms with Gasteiger partial charge in [-0.1, -0.05) is 6.92 Å². The number of carbonyl (C=O) groups excluding carboxylic acids is 1. The lowest BCUT2D eigenvalue weighted by atomic mass is 9.99. The summed E-state index contributed by atoms with van der Waals surface area (Å²) < 4.78 is 40.4. The van der Waals surface area contributed by atoms with Crippen LogP contribution in [0.2, 0.25) is 0 Å². The van der Waals surface area contributed by atoms with Crippen molar-refractivity contribution in [1.29, 1.82) is 0 Å². The van der Waals surface area contributed by atoms with Gasteiger partial charge < -0.3 is 10.2 Å². The number of aromatic nitrogens is 2. The normalized spacial score (nSPS) is 21.9. The molecule has 2 atom stereocenters. The second kappa shape index (κ2) is 7.81. The lowest BCUT2D eigenvalue weighted by Crippen LogP contribution is -2.46. The van der Waals surface area contributed by atoms with Crippen molar-refractivity contribution in [2.24, 2.45) is 5.92 Å². The van der Waals surface area contributed by atoms with Crippen molar-refractivity contribution in [3.63, 3.8) is 0 Å². The van der Waals surface area contributed by atoms with Crippen LogP contribution in [0.15, 0.2) is 6.07 Å². The fourth-order valence-electron chi connectivity index (χ4n) is 3.69. The molecule has 152 valence electrons. The summed E-state index contributed by atoms with van der Waals surface area (Å²) in [5.74, 6) is 0.540. The van der Waals surface area contributed by atoms with Crippen LogP contribution in [0.25, 0.3) is 0 Å². The Balaban J connectivity index is 1.62. The average Bonchev–Trinajstić information content (AvgIpc) is 3.33. The molecule has 1 aliphatic carbocycles. The van der Waals surface area contributed by atoms with E-state index in [0.29, 0.717) is 5.69 Å². The maximum Gasteiger partial charge on any atom is 0.435 e. The smallest absolute Gasteiger partial charge is 0.351 e. The molecule has 0 radical (unpaired) electrons. The quantitative estimate of drug-likeness (QED) is 0.813. The standard InChI is InChI=1S/C19H29F3N4O/c1-12-6-8-25(9-7-12)11-13(2)23-18(27)14(3)26-16(15-4-5-15)10-17(24-26)19(20,21)22/h10,12-15H,4-9,11H2,1-3H3,(H,23,27)/t13-,14-/m0/s1. The van der Waals surface area contributed by atoms with Crippen LogP contribution in [-0.4, -0.2) is 46.3 Å². The fourth-order valence-corrected chi connectivity index (χ4v) is 3.69. The lowest BCUT2D eigenvalue weighted by Gasteiger charge is -2.32. The van der Waals surface area contributed by atoms with Crippen molar-refractivity contribution >= 4 is 5.91 Å². The zero-order valence-electron chi connectivity index (χ0n) is 16.2. The molecule has 0 bridgehead atoms. The number of alkyl halides is 3. The largest absolute Gasteiger partial charge is 0.435 e. The van der Waals surface area contributed by atoms with E-state index in [-0.39, 0.29) is 17.9 Å². The van der Waals surface area contributed by atoms with E-state index in [0.717, 1.165) is 57.3 Å². The van der Waals surface area contributed by atoms with E-state index in [2.05, 4.69) is 22.2 Å². The highest BCUT2D eigenvalue weighted by atomic mass is 19.4. The maximum absolute atomic E-state index is 13.0. The highest BCUT2D eigenvalue weighted by molar-refractivity contribution is 5.80. The summed E-state index contributed by atoms with van der Waals surface area (Å²) in [5.41, 5.74) is -0.401. The van der Waals surface area contributed by atoms with Crippen LogP contribution >= 0.6 is 0 Å². The number of rotatable bonds is 6. The summed E-state index contributed by atoms with van der Waals surface area (Å²) >= 11 is 0. The van der Waals surface area contributed by atoms with Gasteiger partial charge in [-0.15, -0.1) is 0 Å². The molecule has 1 aliphatic heterocycles. The highest BCUT2D eigenvalue weighted by Crippen LogP contribution is 2.42. The number of hydrogen-bond donors (Lipinski definition) is 1. The van der Waals surface area contributed by atoms with E-state index in [1.807, 2.05) is 6.92 Å². The number of amides is 1. The van der Waals surface area contributed by atoms with Gasteiger partial charge in [0.2, 0.25) is 5.91 Å². The molecule has 1 N–H and O–H groups in total. The minimum atomic E-state index is -4.50. The lowest BCUT2D eigenvalue weighted by molar-refractivity contribution is -0.142. The van der Waals surface area contributed by atoms with E-state index in [1.54, 1.807) is 6.92 Å². The van der Waals surface area contributed by atoms with Crippen molar-refractivity contribution < 1.29 is 18.0 Å². The Morgan fingerprint density at radius 1 is 1.26 bits per heavy atom. The zero-order chi connectivity index (χ0) is 19.8. The summed E-state index contributed by atoms with van der Waals surface area (Å²) in [5, 5.41) is 6.66. The van der Waals surface area contributed by atoms with Gasteiger partial charge in [0.15, 0.2) is 5.69 Å². The Hall–Kier alpha value is -1.57. The Morgan fingerprint density at radius 2 is 1.89 bits per heavy atom. The maximum atomic E-state index is 13.0. The van der Waals surface area contributed by atoms with Gasteiger partial charge >= 0.3 is 6.18 Å². The highest BCUT2D eigenvalue weighted by Gasteiger charge is 2.39. The second-order valence-electron chi connectivity index (χ2n) is 8.24. The monoisotopic (exact) mass is 386 g/mol. The van der Waals surface area contributed by atoms with Crippen molar-refractivity contribution in [2.75, 3.05) is 19.6 Å². The van der Waals surface area contributed by atoms with Crippen LogP contribution in [0.3, 0.4) is 0 Å².